The molecule has 29 heavy (non-hydrogen) atoms. The van der Waals surface area contributed by atoms with Gasteiger partial charge in [0.2, 0.25) is 5.91 Å². The van der Waals surface area contributed by atoms with Gasteiger partial charge in [-0.3, -0.25) is 9.59 Å². The van der Waals surface area contributed by atoms with Crippen molar-refractivity contribution in [3.63, 3.8) is 0 Å². The summed E-state index contributed by atoms with van der Waals surface area (Å²) in [5.41, 5.74) is 1.44. The number of amides is 3. The molecule has 1 aromatic rings. The highest BCUT2D eigenvalue weighted by Crippen LogP contribution is 2.24. The average Bonchev–Trinajstić information content (AvgIpc) is 2.68. The first kappa shape index (κ1) is 22.2. The molecule has 9 heteroatoms. The predicted octanol–water partition coefficient (Wildman–Crippen LogP) is 1.96. The van der Waals surface area contributed by atoms with Crippen LogP contribution in [0.5, 0.6) is 5.75 Å². The van der Waals surface area contributed by atoms with Gasteiger partial charge in [-0.15, -0.1) is 0 Å². The Morgan fingerprint density at radius 2 is 2.10 bits per heavy atom. The van der Waals surface area contributed by atoms with Crippen molar-refractivity contribution in [2.75, 3.05) is 32.8 Å². The van der Waals surface area contributed by atoms with Gasteiger partial charge in [0.25, 0.3) is 5.91 Å². The number of halogens is 1. The third kappa shape index (κ3) is 6.78. The van der Waals surface area contributed by atoms with E-state index in [9.17, 15) is 18.8 Å². The summed E-state index contributed by atoms with van der Waals surface area (Å²) >= 11 is 0. The predicted molar refractivity (Wildman–Crippen MR) is 105 cm³/mol. The van der Waals surface area contributed by atoms with E-state index in [2.05, 4.69) is 10.6 Å². The number of ether oxygens (including phenoxy) is 1. The number of hydrogen-bond donors (Lipinski definition) is 3. The summed E-state index contributed by atoms with van der Waals surface area (Å²) in [5.74, 6) is 0.389. The third-order valence-corrected chi connectivity index (χ3v) is 4.33. The van der Waals surface area contributed by atoms with Gasteiger partial charge in [0.1, 0.15) is 12.4 Å². The van der Waals surface area contributed by atoms with Gasteiger partial charge in [0.15, 0.2) is 0 Å². The van der Waals surface area contributed by atoms with Crippen LogP contribution < -0.4 is 15.4 Å². The minimum absolute atomic E-state index is 0.0183. The van der Waals surface area contributed by atoms with Gasteiger partial charge in [-0.1, -0.05) is 13.8 Å². The van der Waals surface area contributed by atoms with Crippen LogP contribution in [-0.2, 0) is 11.2 Å². The normalized spacial score (nSPS) is 13.9. The van der Waals surface area contributed by atoms with Crippen molar-refractivity contribution in [3.05, 3.63) is 41.2 Å². The Labute approximate surface area is 168 Å². The monoisotopic (exact) mass is 407 g/mol. The second kappa shape index (κ2) is 10.4. The molecule has 3 N–H and O–H groups in total. The summed E-state index contributed by atoms with van der Waals surface area (Å²) in [6, 6.07) is 4.93. The van der Waals surface area contributed by atoms with E-state index in [4.69, 9.17) is 9.84 Å². The lowest BCUT2D eigenvalue weighted by molar-refractivity contribution is -0.122. The fourth-order valence-electron chi connectivity index (χ4n) is 2.79. The molecule has 0 spiro atoms. The van der Waals surface area contributed by atoms with Gasteiger partial charge in [0, 0.05) is 30.8 Å². The summed E-state index contributed by atoms with van der Waals surface area (Å²) < 4.78 is 18.3. The Kier molecular flexibility index (Phi) is 7.99. The van der Waals surface area contributed by atoms with Crippen LogP contribution in [0, 0.1) is 5.92 Å². The maximum atomic E-state index is 12.8. The van der Waals surface area contributed by atoms with Crippen LogP contribution in [0.4, 0.5) is 9.18 Å². The number of rotatable bonds is 9. The molecule has 8 nitrogen and oxygen atoms in total. The van der Waals surface area contributed by atoms with Crippen LogP contribution in [0.2, 0.25) is 0 Å². The highest BCUT2D eigenvalue weighted by atomic mass is 19.1. The number of carbonyl (C=O) groups is 3. The van der Waals surface area contributed by atoms with Crippen LogP contribution in [-0.4, -0.2) is 60.7 Å². The maximum Gasteiger partial charge on any atom is 0.404 e. The second-order valence-electron chi connectivity index (χ2n) is 7.21. The van der Waals surface area contributed by atoms with E-state index in [1.807, 2.05) is 13.8 Å². The smallest absolute Gasteiger partial charge is 0.404 e. The first-order chi connectivity index (χ1) is 13.8. The van der Waals surface area contributed by atoms with Crippen molar-refractivity contribution in [2.24, 2.45) is 5.92 Å². The topological polar surface area (TPSA) is 108 Å². The first-order valence-corrected chi connectivity index (χ1v) is 9.36. The summed E-state index contributed by atoms with van der Waals surface area (Å²) in [6.07, 6.45) is -0.374. The summed E-state index contributed by atoms with van der Waals surface area (Å²) in [6.45, 7) is 4.70. The van der Waals surface area contributed by atoms with Crippen molar-refractivity contribution in [1.82, 2.24) is 15.5 Å². The van der Waals surface area contributed by atoms with Crippen molar-refractivity contribution in [3.8, 4) is 5.75 Å². The van der Waals surface area contributed by atoms with E-state index in [0.717, 1.165) is 5.56 Å². The summed E-state index contributed by atoms with van der Waals surface area (Å²) in [5, 5.41) is 13.4. The maximum absolute atomic E-state index is 12.8. The molecule has 0 aliphatic carbocycles. The number of nitrogens with zero attached hydrogens (tertiary/aromatic N) is 1. The fraction of sp³-hybridized carbons (Fsp3) is 0.450. The quantitative estimate of drug-likeness (QED) is 0.580. The van der Waals surface area contributed by atoms with Gasteiger partial charge in [0.05, 0.1) is 12.9 Å². The largest absolute Gasteiger partial charge is 0.489 e. The zero-order valence-electron chi connectivity index (χ0n) is 16.5. The van der Waals surface area contributed by atoms with Gasteiger partial charge < -0.3 is 25.4 Å². The molecular weight excluding hydrogens is 381 g/mol. The average molecular weight is 407 g/mol. The van der Waals surface area contributed by atoms with Crippen LogP contribution in [0.25, 0.3) is 0 Å². The molecule has 0 bridgehead atoms. The van der Waals surface area contributed by atoms with E-state index >= 15 is 0 Å². The number of nitrogens with one attached hydrogen (secondary N) is 2. The van der Waals surface area contributed by atoms with E-state index in [0.29, 0.717) is 43.1 Å². The van der Waals surface area contributed by atoms with Gasteiger partial charge in [-0.05, 0) is 36.1 Å². The lowest BCUT2D eigenvalue weighted by Gasteiger charge is -2.28. The van der Waals surface area contributed by atoms with Crippen LogP contribution in [0.3, 0.4) is 0 Å². The Morgan fingerprint density at radius 1 is 1.34 bits per heavy atom. The van der Waals surface area contributed by atoms with Crippen molar-refractivity contribution in [2.45, 2.75) is 20.3 Å². The number of carboxylic acid groups (broad SMARTS) is 1. The zero-order chi connectivity index (χ0) is 21.4. The van der Waals surface area contributed by atoms with Crippen LogP contribution in [0.1, 0.15) is 29.8 Å². The van der Waals surface area contributed by atoms with Crippen LogP contribution >= 0.6 is 0 Å². The number of hydrogen-bond acceptors (Lipinski definition) is 4. The molecule has 1 aliphatic heterocycles. The number of carbonyl (C=O) groups excluding carboxylic acids is 2. The van der Waals surface area contributed by atoms with Gasteiger partial charge >= 0.3 is 6.09 Å². The van der Waals surface area contributed by atoms with Gasteiger partial charge in [-0.2, -0.15) is 0 Å². The molecule has 3 amide bonds. The molecule has 158 valence electrons. The number of fused-ring (bicyclic) bond motifs is 1. The van der Waals surface area contributed by atoms with E-state index in [1.54, 1.807) is 18.2 Å². The van der Waals surface area contributed by atoms with Crippen LogP contribution in [0.15, 0.2) is 30.1 Å². The molecule has 0 aromatic heterocycles. The summed E-state index contributed by atoms with van der Waals surface area (Å²) in [4.78, 5) is 36.6. The molecule has 0 radical (unpaired) electrons. The van der Waals surface area contributed by atoms with E-state index in [-0.39, 0.29) is 37.1 Å². The molecule has 1 heterocycles. The minimum atomic E-state index is -1.25. The second-order valence-corrected chi connectivity index (χ2v) is 7.21. The SMILES string of the molecule is CC(C)CNC(=O)CN1CCc2cc(OC/C(=C/F)CNC(=O)O)ccc2C1=O. The molecular formula is C20H26FN3O5. The first-order valence-electron chi connectivity index (χ1n) is 9.36. The lowest BCUT2D eigenvalue weighted by Crippen LogP contribution is -2.44. The van der Waals surface area contributed by atoms with Crippen molar-refractivity contribution >= 4 is 17.9 Å². The fourth-order valence-corrected chi connectivity index (χ4v) is 2.79. The molecule has 0 saturated carbocycles. The molecule has 1 aromatic carbocycles. The highest BCUT2D eigenvalue weighted by Gasteiger charge is 2.26. The molecule has 0 unspecified atom stereocenters. The van der Waals surface area contributed by atoms with E-state index in [1.165, 1.54) is 4.90 Å². The molecule has 2 rings (SSSR count). The molecule has 0 atom stereocenters. The Hall–Kier alpha value is -3.10. The third-order valence-electron chi connectivity index (χ3n) is 4.33. The Balaban J connectivity index is 1.95. The Morgan fingerprint density at radius 3 is 2.76 bits per heavy atom. The summed E-state index contributed by atoms with van der Waals surface area (Å²) in [7, 11) is 0. The van der Waals surface area contributed by atoms with E-state index < -0.39 is 6.09 Å². The van der Waals surface area contributed by atoms with Gasteiger partial charge in [-0.25, -0.2) is 9.18 Å². The zero-order valence-corrected chi connectivity index (χ0v) is 16.5. The molecule has 0 fully saturated rings. The standard InChI is InChI=1S/C20H26FN3O5/c1-13(2)9-22-18(25)11-24-6-5-15-7-16(3-4-17(15)19(24)26)29-12-14(8-21)10-23-20(27)28/h3-4,7-8,13,23H,5-6,9-12H2,1-2H3,(H,22,25)(H,27,28)/b14-8+. The number of benzene rings is 1. The minimum Gasteiger partial charge on any atom is -0.489 e. The molecule has 0 saturated heterocycles. The highest BCUT2D eigenvalue weighted by molar-refractivity contribution is 5.98. The lowest BCUT2D eigenvalue weighted by atomic mass is 9.98. The molecule has 1 aliphatic rings. The van der Waals surface area contributed by atoms with Crippen molar-refractivity contribution in [1.29, 1.82) is 0 Å². The van der Waals surface area contributed by atoms with Crippen molar-refractivity contribution < 1.29 is 28.6 Å². The Bertz CT molecular complexity index is 794.